The molecule has 0 saturated heterocycles. The van der Waals surface area contributed by atoms with Gasteiger partial charge in [-0.3, -0.25) is 5.41 Å². The van der Waals surface area contributed by atoms with Gasteiger partial charge >= 0.3 is 0 Å². The Bertz CT molecular complexity index is 337. The van der Waals surface area contributed by atoms with Crippen molar-refractivity contribution in [1.82, 2.24) is 0 Å². The fourth-order valence-corrected chi connectivity index (χ4v) is 1.22. The van der Waals surface area contributed by atoms with Crippen LogP contribution in [0.3, 0.4) is 0 Å². The summed E-state index contributed by atoms with van der Waals surface area (Å²) in [6.45, 7) is 0.466. The van der Waals surface area contributed by atoms with Gasteiger partial charge in [-0.25, -0.2) is 0 Å². The zero-order chi connectivity index (χ0) is 10.6. The van der Waals surface area contributed by atoms with Crippen LogP contribution in [0.15, 0.2) is 18.2 Å². The van der Waals surface area contributed by atoms with E-state index >= 15 is 0 Å². The summed E-state index contributed by atoms with van der Waals surface area (Å²) in [6.07, 6.45) is 0.277. The molecule has 0 fully saturated rings. The number of aromatic hydroxyl groups is 1. The molecule has 1 rings (SSSR count). The van der Waals surface area contributed by atoms with E-state index in [1.54, 1.807) is 19.2 Å². The van der Waals surface area contributed by atoms with E-state index < -0.39 is 0 Å². The number of hydrogen-bond donors (Lipinski definition) is 3. The minimum atomic E-state index is 0.0415. The number of hydrogen-bond acceptors (Lipinski definition) is 3. The topological polar surface area (TPSA) is 79.3 Å². The predicted octanol–water partition coefficient (Wildman–Crippen LogP) is 1.02. The smallest absolute Gasteiger partial charge is 0.119 e. The lowest BCUT2D eigenvalue weighted by Gasteiger charge is -2.05. The van der Waals surface area contributed by atoms with Crippen LogP contribution in [0.25, 0.3) is 0 Å². The summed E-state index contributed by atoms with van der Waals surface area (Å²) in [7, 11) is 1.60. The molecule has 0 spiro atoms. The highest BCUT2D eigenvalue weighted by Crippen LogP contribution is 2.19. The first-order valence-corrected chi connectivity index (χ1v) is 4.26. The van der Waals surface area contributed by atoms with E-state index in [1.165, 1.54) is 0 Å². The van der Waals surface area contributed by atoms with Gasteiger partial charge in [0.1, 0.15) is 5.75 Å². The highest BCUT2D eigenvalue weighted by atomic mass is 16.5. The maximum atomic E-state index is 9.56. The van der Waals surface area contributed by atoms with Crippen LogP contribution >= 0.6 is 0 Å². The van der Waals surface area contributed by atoms with Crippen LogP contribution in [0.4, 0.5) is 0 Å². The van der Waals surface area contributed by atoms with Crippen molar-refractivity contribution in [3.05, 3.63) is 29.3 Å². The fraction of sp³-hybridized carbons (Fsp3) is 0.300. The second-order valence-corrected chi connectivity index (χ2v) is 3.10. The van der Waals surface area contributed by atoms with Crippen molar-refractivity contribution in [3.8, 4) is 5.75 Å². The number of rotatable bonds is 4. The second kappa shape index (κ2) is 4.62. The molecular formula is C10H14N2O2. The third-order valence-corrected chi connectivity index (χ3v) is 1.84. The van der Waals surface area contributed by atoms with E-state index in [2.05, 4.69) is 0 Å². The van der Waals surface area contributed by atoms with Crippen LogP contribution in [0, 0.1) is 5.41 Å². The first-order chi connectivity index (χ1) is 6.63. The molecule has 0 aliphatic rings. The maximum absolute atomic E-state index is 9.56. The summed E-state index contributed by atoms with van der Waals surface area (Å²) in [6, 6.07) is 5.23. The van der Waals surface area contributed by atoms with Gasteiger partial charge in [0.15, 0.2) is 0 Å². The molecule has 0 heterocycles. The van der Waals surface area contributed by atoms with Crippen LogP contribution < -0.4 is 5.73 Å². The largest absolute Gasteiger partial charge is 0.508 e. The van der Waals surface area contributed by atoms with E-state index in [0.717, 1.165) is 5.56 Å². The molecule has 0 aromatic heterocycles. The predicted molar refractivity (Wildman–Crippen MR) is 54.4 cm³/mol. The van der Waals surface area contributed by atoms with Crippen LogP contribution in [0.5, 0.6) is 5.75 Å². The zero-order valence-corrected chi connectivity index (χ0v) is 8.08. The maximum Gasteiger partial charge on any atom is 0.119 e. The number of phenolic OH excluding ortho intramolecular Hbond substituents is 1. The summed E-state index contributed by atoms with van der Waals surface area (Å²) in [5, 5.41) is 16.7. The standard InChI is InChI=1S/C10H14N2O2/c1-14-6-7-2-3-8(5-10(11)12)9(13)4-7/h2-4,13H,5-6H2,1H3,(H3,11,12). The van der Waals surface area contributed by atoms with Gasteiger partial charge in [-0.2, -0.15) is 0 Å². The zero-order valence-electron chi connectivity index (χ0n) is 8.08. The molecule has 0 atom stereocenters. The Kier molecular flexibility index (Phi) is 3.48. The average molecular weight is 194 g/mol. The fourth-order valence-electron chi connectivity index (χ4n) is 1.22. The summed E-state index contributed by atoms with van der Waals surface area (Å²) in [4.78, 5) is 0. The molecule has 1 aromatic carbocycles. The van der Waals surface area contributed by atoms with Crippen molar-refractivity contribution >= 4 is 5.84 Å². The number of amidine groups is 1. The Morgan fingerprint density at radius 3 is 2.79 bits per heavy atom. The Morgan fingerprint density at radius 1 is 1.57 bits per heavy atom. The Labute approximate surface area is 82.8 Å². The van der Waals surface area contributed by atoms with Gasteiger partial charge in [0.2, 0.25) is 0 Å². The van der Waals surface area contributed by atoms with E-state index in [9.17, 15) is 5.11 Å². The molecule has 0 bridgehead atoms. The molecule has 0 aliphatic carbocycles. The highest BCUT2D eigenvalue weighted by Gasteiger charge is 2.03. The van der Waals surface area contributed by atoms with Gasteiger partial charge in [-0.15, -0.1) is 0 Å². The molecule has 4 heteroatoms. The summed E-state index contributed by atoms with van der Waals surface area (Å²) in [5.74, 6) is 0.203. The van der Waals surface area contributed by atoms with Gasteiger partial charge in [-0.05, 0) is 11.6 Å². The van der Waals surface area contributed by atoms with Crippen molar-refractivity contribution in [1.29, 1.82) is 5.41 Å². The first-order valence-electron chi connectivity index (χ1n) is 4.26. The highest BCUT2D eigenvalue weighted by molar-refractivity contribution is 5.80. The monoisotopic (exact) mass is 194 g/mol. The average Bonchev–Trinajstić information content (AvgIpc) is 2.10. The van der Waals surface area contributed by atoms with Crippen molar-refractivity contribution < 1.29 is 9.84 Å². The molecule has 0 unspecified atom stereocenters. The lowest BCUT2D eigenvalue weighted by Crippen LogP contribution is -2.12. The summed E-state index contributed by atoms with van der Waals surface area (Å²) >= 11 is 0. The number of ether oxygens (including phenoxy) is 1. The second-order valence-electron chi connectivity index (χ2n) is 3.10. The minimum Gasteiger partial charge on any atom is -0.508 e. The third-order valence-electron chi connectivity index (χ3n) is 1.84. The first kappa shape index (κ1) is 10.5. The lowest BCUT2D eigenvalue weighted by molar-refractivity contribution is 0.184. The third kappa shape index (κ3) is 2.74. The number of nitrogens with two attached hydrogens (primary N) is 1. The van der Waals surface area contributed by atoms with Gasteiger partial charge in [0.05, 0.1) is 12.4 Å². The van der Waals surface area contributed by atoms with Gasteiger partial charge in [0, 0.05) is 19.1 Å². The number of phenols is 1. The number of benzene rings is 1. The van der Waals surface area contributed by atoms with Crippen LogP contribution in [0.2, 0.25) is 0 Å². The molecule has 76 valence electrons. The van der Waals surface area contributed by atoms with Crippen molar-refractivity contribution in [2.75, 3.05) is 7.11 Å². The van der Waals surface area contributed by atoms with Crippen molar-refractivity contribution in [2.45, 2.75) is 13.0 Å². The van der Waals surface area contributed by atoms with Gasteiger partial charge in [-0.1, -0.05) is 12.1 Å². The molecule has 0 amide bonds. The van der Waals surface area contributed by atoms with Crippen LogP contribution in [-0.2, 0) is 17.8 Å². The quantitative estimate of drug-likeness (QED) is 0.494. The van der Waals surface area contributed by atoms with E-state index in [4.69, 9.17) is 15.9 Å². The molecule has 4 nitrogen and oxygen atoms in total. The van der Waals surface area contributed by atoms with Crippen LogP contribution in [-0.4, -0.2) is 18.1 Å². The van der Waals surface area contributed by atoms with E-state index in [0.29, 0.717) is 12.2 Å². The van der Waals surface area contributed by atoms with Gasteiger partial charge < -0.3 is 15.6 Å². The van der Waals surface area contributed by atoms with E-state index in [-0.39, 0.29) is 18.0 Å². The Hall–Kier alpha value is -1.55. The van der Waals surface area contributed by atoms with Crippen LogP contribution in [0.1, 0.15) is 11.1 Å². The van der Waals surface area contributed by atoms with Crippen molar-refractivity contribution in [3.63, 3.8) is 0 Å². The Morgan fingerprint density at radius 2 is 2.29 bits per heavy atom. The molecule has 0 saturated carbocycles. The lowest BCUT2D eigenvalue weighted by atomic mass is 10.1. The summed E-state index contributed by atoms with van der Waals surface area (Å²) < 4.78 is 4.93. The summed E-state index contributed by atoms with van der Waals surface area (Å²) in [5.41, 5.74) is 6.80. The molecule has 0 aliphatic heterocycles. The molecular weight excluding hydrogens is 180 g/mol. The molecule has 14 heavy (non-hydrogen) atoms. The minimum absolute atomic E-state index is 0.0415. The molecule has 4 N–H and O–H groups in total. The molecule has 0 radical (unpaired) electrons. The van der Waals surface area contributed by atoms with Gasteiger partial charge in [0.25, 0.3) is 0 Å². The normalized spacial score (nSPS) is 10.1. The number of methoxy groups -OCH3 is 1. The molecule has 1 aromatic rings. The van der Waals surface area contributed by atoms with E-state index in [1.807, 2.05) is 6.07 Å². The number of nitrogens with one attached hydrogen (secondary N) is 1. The SMILES string of the molecule is COCc1ccc(CC(=N)N)c(O)c1. The Balaban J connectivity index is 2.84. The van der Waals surface area contributed by atoms with Crippen molar-refractivity contribution in [2.24, 2.45) is 5.73 Å².